The molecule has 0 aromatic heterocycles. The normalized spacial score (nSPS) is 9.87. The van der Waals surface area contributed by atoms with E-state index in [4.69, 9.17) is 0 Å². The summed E-state index contributed by atoms with van der Waals surface area (Å²) in [5.41, 5.74) is 3.54. The molecule has 0 amide bonds. The van der Waals surface area contributed by atoms with Crippen molar-refractivity contribution >= 4 is 47.0 Å². The molecule has 0 aliphatic heterocycles. The summed E-state index contributed by atoms with van der Waals surface area (Å²) in [4.78, 5) is 0. The second kappa shape index (κ2) is 11.4. The van der Waals surface area contributed by atoms with Crippen molar-refractivity contribution in [1.29, 1.82) is 0 Å². The Labute approximate surface area is 112 Å². The Morgan fingerprint density at radius 3 is 1.13 bits per heavy atom. The first kappa shape index (κ1) is 15.9. The predicted molar refractivity (Wildman–Crippen MR) is 83.1 cm³/mol. The highest BCUT2D eigenvalue weighted by Gasteiger charge is 1.99. The second-order valence-corrected chi connectivity index (χ2v) is 8.05. The van der Waals surface area contributed by atoms with Gasteiger partial charge in [0, 0.05) is 0 Å². The molecule has 0 heterocycles. The van der Waals surface area contributed by atoms with Crippen LogP contribution in [0.4, 0.5) is 0 Å². The van der Waals surface area contributed by atoms with Crippen molar-refractivity contribution in [2.75, 3.05) is 23.0 Å². The van der Waals surface area contributed by atoms with E-state index >= 15 is 0 Å². The van der Waals surface area contributed by atoms with Crippen molar-refractivity contribution in [3.8, 4) is 0 Å². The molecule has 4 heteroatoms. The van der Waals surface area contributed by atoms with Crippen LogP contribution in [-0.2, 0) is 0 Å². The molecule has 0 bridgehead atoms. The van der Waals surface area contributed by atoms with E-state index in [1.807, 2.05) is 47.0 Å². The Balaban J connectivity index is 4.66. The molecule has 0 nitrogen and oxygen atoms in total. The van der Waals surface area contributed by atoms with Gasteiger partial charge in [0.1, 0.15) is 0 Å². The van der Waals surface area contributed by atoms with Gasteiger partial charge in [-0.15, -0.1) is 47.0 Å². The van der Waals surface area contributed by atoms with Gasteiger partial charge < -0.3 is 0 Å². The van der Waals surface area contributed by atoms with E-state index in [0.29, 0.717) is 0 Å². The van der Waals surface area contributed by atoms with Gasteiger partial charge >= 0.3 is 0 Å². The van der Waals surface area contributed by atoms with E-state index < -0.39 is 0 Å². The fraction of sp³-hybridized carbons (Fsp3) is 0.727. The van der Waals surface area contributed by atoms with Gasteiger partial charge in [-0.2, -0.15) is 0 Å². The van der Waals surface area contributed by atoms with Crippen molar-refractivity contribution in [1.82, 2.24) is 0 Å². The van der Waals surface area contributed by atoms with Crippen molar-refractivity contribution in [2.24, 2.45) is 0 Å². The predicted octanol–water partition coefficient (Wildman–Crippen LogP) is 5.28. The molecule has 0 radical (unpaired) electrons. The minimum absolute atomic E-state index is 1.14. The molecule has 0 saturated heterocycles. The minimum Gasteiger partial charge on any atom is -0.111 e. The number of hydrogen-bond donors (Lipinski definition) is 0. The molecule has 0 aliphatic carbocycles. The fourth-order valence-corrected chi connectivity index (χ4v) is 4.92. The van der Waals surface area contributed by atoms with Crippen LogP contribution in [0, 0.1) is 0 Å². The number of hydrogen-bond acceptors (Lipinski definition) is 4. The van der Waals surface area contributed by atoms with Crippen LogP contribution in [-0.4, -0.2) is 23.0 Å². The minimum atomic E-state index is 1.14. The molecule has 15 heavy (non-hydrogen) atoms. The molecule has 0 atom stereocenters. The van der Waals surface area contributed by atoms with Crippen LogP contribution in [0.25, 0.3) is 0 Å². The Morgan fingerprint density at radius 1 is 0.667 bits per heavy atom. The summed E-state index contributed by atoms with van der Waals surface area (Å²) in [6, 6.07) is 0. The van der Waals surface area contributed by atoms with Crippen molar-refractivity contribution in [2.45, 2.75) is 27.7 Å². The zero-order valence-electron chi connectivity index (χ0n) is 9.96. The maximum absolute atomic E-state index is 3.54. The highest BCUT2D eigenvalue weighted by atomic mass is 32.2. The maximum Gasteiger partial charge on any atom is 0.0842 e. The van der Waals surface area contributed by atoms with Crippen LogP contribution in [0.3, 0.4) is 0 Å². The lowest BCUT2D eigenvalue weighted by atomic mass is 10.9. The molecule has 0 unspecified atom stereocenters. The highest BCUT2D eigenvalue weighted by molar-refractivity contribution is 8.23. The van der Waals surface area contributed by atoms with E-state index in [9.17, 15) is 0 Å². The third-order valence-electron chi connectivity index (χ3n) is 1.31. The van der Waals surface area contributed by atoms with Gasteiger partial charge in [-0.05, 0) is 23.0 Å². The summed E-state index contributed by atoms with van der Waals surface area (Å²) >= 11 is 7.61. The third kappa shape index (κ3) is 8.70. The summed E-state index contributed by atoms with van der Waals surface area (Å²) in [7, 11) is 0. The molecule has 0 fully saturated rings. The summed E-state index contributed by atoms with van der Waals surface area (Å²) in [6.07, 6.45) is 0. The number of thioether (sulfide) groups is 4. The Hall–Kier alpha value is 0.920. The van der Waals surface area contributed by atoms with Gasteiger partial charge in [-0.25, -0.2) is 0 Å². The molecular weight excluding hydrogens is 260 g/mol. The Bertz CT molecular complexity index is 181. The maximum atomic E-state index is 3.54. The average Bonchev–Trinajstić information content (AvgIpc) is 2.19. The molecule has 0 saturated carbocycles. The molecule has 0 spiro atoms. The zero-order chi connectivity index (χ0) is 11.5. The Morgan fingerprint density at radius 2 is 0.933 bits per heavy atom. The van der Waals surface area contributed by atoms with Crippen molar-refractivity contribution in [3.63, 3.8) is 0 Å². The lowest BCUT2D eigenvalue weighted by molar-refractivity contribution is 1.52. The third-order valence-corrected chi connectivity index (χ3v) is 5.33. The lowest BCUT2D eigenvalue weighted by Crippen LogP contribution is -1.76. The smallest absolute Gasteiger partial charge is 0.0842 e. The van der Waals surface area contributed by atoms with Crippen LogP contribution >= 0.6 is 47.0 Å². The van der Waals surface area contributed by atoms with Gasteiger partial charge in [0.15, 0.2) is 0 Å². The molecule has 0 aromatic carbocycles. The van der Waals surface area contributed by atoms with Crippen LogP contribution in [0.1, 0.15) is 27.7 Å². The molecule has 0 rings (SSSR count). The summed E-state index contributed by atoms with van der Waals surface area (Å²) in [5, 5.41) is 0. The van der Waals surface area contributed by atoms with E-state index in [1.54, 1.807) is 0 Å². The SMILES string of the molecule is CCSC(=C=C(SCC)SCC)SCC. The van der Waals surface area contributed by atoms with Gasteiger partial charge in [0.05, 0.1) is 8.47 Å². The first-order chi connectivity index (χ1) is 7.28. The van der Waals surface area contributed by atoms with Gasteiger partial charge in [0.2, 0.25) is 0 Å². The highest BCUT2D eigenvalue weighted by Crippen LogP contribution is 2.32. The molecule has 88 valence electrons. The van der Waals surface area contributed by atoms with Crippen molar-refractivity contribution in [3.05, 3.63) is 14.2 Å². The largest absolute Gasteiger partial charge is 0.111 e. The van der Waals surface area contributed by atoms with Crippen molar-refractivity contribution < 1.29 is 0 Å². The van der Waals surface area contributed by atoms with E-state index in [-0.39, 0.29) is 0 Å². The van der Waals surface area contributed by atoms with Crippen LogP contribution in [0.5, 0.6) is 0 Å². The first-order valence-electron chi connectivity index (χ1n) is 5.30. The standard InChI is InChI=1S/C11H20S4/c1-5-12-10(13-6-2)9-11(14-7-3)15-8-4/h5-8H2,1-4H3. The molecule has 0 aromatic rings. The van der Waals surface area contributed by atoms with Crippen LogP contribution in [0.2, 0.25) is 0 Å². The zero-order valence-corrected chi connectivity index (χ0v) is 13.2. The lowest BCUT2D eigenvalue weighted by Gasteiger charge is -2.02. The van der Waals surface area contributed by atoms with Gasteiger partial charge in [-0.3, -0.25) is 0 Å². The average molecular weight is 281 g/mol. The molecule has 0 aliphatic rings. The topological polar surface area (TPSA) is 0 Å². The fourth-order valence-electron chi connectivity index (χ4n) is 0.835. The molecule has 0 N–H and O–H groups in total. The Kier molecular flexibility index (Phi) is 12.1. The monoisotopic (exact) mass is 280 g/mol. The quantitative estimate of drug-likeness (QED) is 0.554. The van der Waals surface area contributed by atoms with E-state index in [2.05, 4.69) is 33.4 Å². The molecular formula is C11H20S4. The number of rotatable bonds is 8. The van der Waals surface area contributed by atoms with Gasteiger partial charge in [0.25, 0.3) is 0 Å². The van der Waals surface area contributed by atoms with Crippen LogP contribution < -0.4 is 0 Å². The van der Waals surface area contributed by atoms with E-state index in [1.165, 1.54) is 8.47 Å². The first-order valence-corrected chi connectivity index (χ1v) is 9.24. The second-order valence-electron chi connectivity index (χ2n) is 2.43. The summed E-state index contributed by atoms with van der Waals surface area (Å²) in [6.45, 7) is 8.79. The van der Waals surface area contributed by atoms with Crippen LogP contribution in [0.15, 0.2) is 14.2 Å². The summed E-state index contributed by atoms with van der Waals surface area (Å²) in [5.74, 6) is 4.54. The summed E-state index contributed by atoms with van der Waals surface area (Å²) < 4.78 is 2.69. The van der Waals surface area contributed by atoms with E-state index in [0.717, 1.165) is 23.0 Å². The van der Waals surface area contributed by atoms with Gasteiger partial charge in [-0.1, -0.05) is 33.4 Å².